The summed E-state index contributed by atoms with van der Waals surface area (Å²) in [6.07, 6.45) is 2.38. The summed E-state index contributed by atoms with van der Waals surface area (Å²) >= 11 is 0. The lowest BCUT2D eigenvalue weighted by atomic mass is 10.2. The Morgan fingerprint density at radius 1 is 1.14 bits per heavy atom. The zero-order valence-electron chi connectivity index (χ0n) is 19.6. The highest BCUT2D eigenvalue weighted by molar-refractivity contribution is 6.05. The van der Waals surface area contributed by atoms with Crippen molar-refractivity contribution >= 4 is 34.7 Å². The first-order valence-electron chi connectivity index (χ1n) is 11.8. The summed E-state index contributed by atoms with van der Waals surface area (Å²) in [7, 11) is 0. The number of nitrogens with zero attached hydrogens (tertiary/aromatic N) is 6. The maximum atomic E-state index is 14.0. The van der Waals surface area contributed by atoms with Crippen LogP contribution >= 0.6 is 0 Å². The molecule has 2 aliphatic rings. The van der Waals surface area contributed by atoms with Gasteiger partial charge < -0.3 is 28.7 Å². The smallest absolute Gasteiger partial charge is 0.300 e. The lowest BCUT2D eigenvalue weighted by Crippen LogP contribution is -2.36. The molecule has 0 unspecified atom stereocenters. The Morgan fingerprint density at radius 2 is 2.00 bits per heavy atom. The molecular formula is C24H24FN7O4. The Balaban J connectivity index is 1.31. The van der Waals surface area contributed by atoms with Gasteiger partial charge in [-0.25, -0.2) is 14.4 Å². The van der Waals surface area contributed by atoms with E-state index < -0.39 is 12.1 Å². The van der Waals surface area contributed by atoms with Crippen molar-refractivity contribution in [2.75, 3.05) is 54.5 Å². The van der Waals surface area contributed by atoms with E-state index >= 15 is 0 Å². The summed E-state index contributed by atoms with van der Waals surface area (Å²) in [6.45, 7) is 5.01. The van der Waals surface area contributed by atoms with Crippen LogP contribution in [0.1, 0.15) is 22.6 Å². The van der Waals surface area contributed by atoms with Crippen molar-refractivity contribution in [2.24, 2.45) is 0 Å². The van der Waals surface area contributed by atoms with E-state index in [2.05, 4.69) is 25.3 Å². The predicted octanol–water partition coefficient (Wildman–Crippen LogP) is 3.22. The van der Waals surface area contributed by atoms with Crippen molar-refractivity contribution < 1.29 is 22.8 Å². The van der Waals surface area contributed by atoms with Gasteiger partial charge >= 0.3 is 0 Å². The van der Waals surface area contributed by atoms with Crippen LogP contribution in [0.2, 0.25) is 0 Å². The quantitative estimate of drug-likeness (QED) is 0.443. The fourth-order valence-electron chi connectivity index (χ4n) is 4.35. The van der Waals surface area contributed by atoms with Crippen molar-refractivity contribution in [3.63, 3.8) is 0 Å². The fraction of sp³-hybridized carbons (Fsp3) is 0.375. The van der Waals surface area contributed by atoms with Gasteiger partial charge in [-0.2, -0.15) is 4.98 Å². The number of hydrogen-bond donors (Lipinski definition) is 1. The number of amides is 1. The minimum Gasteiger partial charge on any atom is -0.444 e. The molecule has 0 saturated carbocycles. The first-order valence-corrected chi connectivity index (χ1v) is 11.8. The molecule has 2 saturated heterocycles. The van der Waals surface area contributed by atoms with Crippen LogP contribution < -0.4 is 15.1 Å². The van der Waals surface area contributed by atoms with E-state index in [1.165, 1.54) is 6.26 Å². The summed E-state index contributed by atoms with van der Waals surface area (Å²) in [5.41, 5.74) is 2.82. The second-order valence-corrected chi connectivity index (χ2v) is 8.79. The number of ether oxygens (including phenoxy) is 1. The summed E-state index contributed by atoms with van der Waals surface area (Å²) < 4.78 is 30.9. The lowest BCUT2D eigenvalue weighted by Gasteiger charge is -2.24. The van der Waals surface area contributed by atoms with Crippen LogP contribution in [-0.2, 0) is 4.74 Å². The molecule has 11 nitrogen and oxygen atoms in total. The molecule has 6 heterocycles. The van der Waals surface area contributed by atoms with Gasteiger partial charge in [0.05, 0.1) is 25.4 Å². The predicted molar refractivity (Wildman–Crippen MR) is 129 cm³/mol. The Bertz CT molecular complexity index is 1410. The van der Waals surface area contributed by atoms with E-state index in [4.69, 9.17) is 13.6 Å². The minimum atomic E-state index is -0.964. The number of aryl methyl sites for hydroxylation is 1. The molecule has 2 fully saturated rings. The molecule has 0 aromatic carbocycles. The summed E-state index contributed by atoms with van der Waals surface area (Å²) in [5, 5.41) is 2.85. The van der Waals surface area contributed by atoms with E-state index in [9.17, 15) is 9.18 Å². The van der Waals surface area contributed by atoms with Crippen LogP contribution in [0.5, 0.6) is 0 Å². The van der Waals surface area contributed by atoms with Crippen LogP contribution in [0.3, 0.4) is 0 Å². The molecule has 1 amide bonds. The number of alkyl halides is 1. The first kappa shape index (κ1) is 22.4. The number of hydrogen-bond acceptors (Lipinski definition) is 10. The zero-order chi connectivity index (χ0) is 24.6. The second kappa shape index (κ2) is 9.19. The van der Waals surface area contributed by atoms with Gasteiger partial charge in [-0.15, -0.1) is 0 Å². The van der Waals surface area contributed by atoms with Gasteiger partial charge in [-0.05, 0) is 25.5 Å². The van der Waals surface area contributed by atoms with E-state index in [0.29, 0.717) is 79.5 Å². The molecule has 1 atom stereocenters. The molecule has 1 N–H and O–H groups in total. The van der Waals surface area contributed by atoms with E-state index in [1.54, 1.807) is 23.2 Å². The molecular weight excluding hydrogens is 469 g/mol. The van der Waals surface area contributed by atoms with Crippen molar-refractivity contribution in [1.29, 1.82) is 0 Å². The van der Waals surface area contributed by atoms with E-state index in [1.807, 2.05) is 17.9 Å². The first-order chi connectivity index (χ1) is 17.5. The summed E-state index contributed by atoms with van der Waals surface area (Å²) in [4.78, 5) is 34.6. The van der Waals surface area contributed by atoms with Crippen molar-refractivity contribution in [3.8, 4) is 11.5 Å². The third kappa shape index (κ3) is 4.35. The molecule has 6 rings (SSSR count). The Hall–Kier alpha value is -4.06. The number of fused-ring (bicyclic) bond motifs is 1. The number of carbonyl (C=O) groups is 1. The van der Waals surface area contributed by atoms with E-state index in [0.717, 1.165) is 5.69 Å². The number of rotatable bonds is 5. The third-order valence-corrected chi connectivity index (χ3v) is 6.19. The molecule has 2 aliphatic heterocycles. The molecule has 0 radical (unpaired) electrons. The average Bonchev–Trinajstić information content (AvgIpc) is 3.63. The van der Waals surface area contributed by atoms with Crippen LogP contribution in [0.15, 0.2) is 39.5 Å². The fourth-order valence-corrected chi connectivity index (χ4v) is 4.35. The van der Waals surface area contributed by atoms with Crippen molar-refractivity contribution in [1.82, 2.24) is 19.9 Å². The number of aromatic nitrogens is 4. The number of anilines is 3. The normalized spacial score (nSPS) is 18.2. The van der Waals surface area contributed by atoms with Crippen LogP contribution in [0, 0.1) is 6.92 Å². The molecule has 186 valence electrons. The topological polar surface area (TPSA) is 123 Å². The molecule has 4 aromatic rings. The molecule has 0 spiro atoms. The Labute approximate surface area is 205 Å². The van der Waals surface area contributed by atoms with Gasteiger partial charge in [-0.3, -0.25) is 9.78 Å². The maximum absolute atomic E-state index is 14.0. The number of morpholine rings is 1. The van der Waals surface area contributed by atoms with Crippen LogP contribution in [-0.4, -0.2) is 71.4 Å². The lowest BCUT2D eigenvalue weighted by molar-refractivity contribution is 0.102. The summed E-state index contributed by atoms with van der Waals surface area (Å²) in [5.74, 6) is 0.262. The van der Waals surface area contributed by atoms with Gasteiger partial charge in [-0.1, -0.05) is 0 Å². The SMILES string of the molecule is Cc1cc(-c2nc(C(=O)Nc3cc4oc(N5CCOCC5)nc4nc3N3CC[C@H](F)C3)co2)ccn1. The second-order valence-electron chi connectivity index (χ2n) is 8.79. The zero-order valence-corrected chi connectivity index (χ0v) is 19.6. The Kier molecular flexibility index (Phi) is 5.72. The standard InChI is InChI=1S/C24H24FN7O4/c1-14-10-15(2-4-26-14)23-28-18(13-35-23)22(33)27-17-11-19-20(29-21(17)32-5-3-16(25)12-32)30-24(36-19)31-6-8-34-9-7-31/h2,4,10-11,13,16H,3,5-9,12H2,1H3,(H,27,33)/t16-/m0/s1. The highest BCUT2D eigenvalue weighted by Gasteiger charge is 2.28. The number of nitrogens with one attached hydrogen (secondary N) is 1. The van der Waals surface area contributed by atoms with Gasteiger partial charge in [0.2, 0.25) is 11.5 Å². The maximum Gasteiger partial charge on any atom is 0.300 e. The van der Waals surface area contributed by atoms with Gasteiger partial charge in [0.1, 0.15) is 12.4 Å². The van der Waals surface area contributed by atoms with Gasteiger partial charge in [0.25, 0.3) is 11.9 Å². The number of carbonyl (C=O) groups excluding carboxylic acids is 1. The molecule has 36 heavy (non-hydrogen) atoms. The van der Waals surface area contributed by atoms with Gasteiger partial charge in [0.15, 0.2) is 17.1 Å². The molecule has 0 bridgehead atoms. The molecule has 0 aliphatic carbocycles. The van der Waals surface area contributed by atoms with Crippen molar-refractivity contribution in [3.05, 3.63) is 42.0 Å². The highest BCUT2D eigenvalue weighted by Crippen LogP contribution is 2.33. The number of halogens is 1. The number of pyridine rings is 2. The average molecular weight is 493 g/mol. The summed E-state index contributed by atoms with van der Waals surface area (Å²) in [6, 6.07) is 5.69. The van der Waals surface area contributed by atoms with Gasteiger partial charge in [0, 0.05) is 43.2 Å². The van der Waals surface area contributed by atoms with Crippen molar-refractivity contribution in [2.45, 2.75) is 19.5 Å². The largest absolute Gasteiger partial charge is 0.444 e. The molecule has 4 aromatic heterocycles. The Morgan fingerprint density at radius 3 is 2.78 bits per heavy atom. The minimum absolute atomic E-state index is 0.0990. The monoisotopic (exact) mass is 493 g/mol. The van der Waals surface area contributed by atoms with Crippen LogP contribution in [0.4, 0.5) is 21.9 Å². The van der Waals surface area contributed by atoms with E-state index in [-0.39, 0.29) is 12.2 Å². The third-order valence-electron chi connectivity index (χ3n) is 6.19. The van der Waals surface area contributed by atoms with Crippen LogP contribution in [0.25, 0.3) is 22.7 Å². The number of oxazole rings is 2. The highest BCUT2D eigenvalue weighted by atomic mass is 19.1. The molecule has 12 heteroatoms.